The third-order valence-corrected chi connectivity index (χ3v) is 1.38. The lowest BCUT2D eigenvalue weighted by molar-refractivity contribution is 0.242. The third kappa shape index (κ3) is 1.19. The number of aliphatic hydroxyl groups excluding tert-OH is 1. The maximum absolute atomic E-state index is 8.69. The monoisotopic (exact) mass is 141 g/mol. The average Bonchev–Trinajstić information content (AvgIpc) is 2.30. The summed E-state index contributed by atoms with van der Waals surface area (Å²) in [6, 6.07) is 0. The highest BCUT2D eigenvalue weighted by Gasteiger charge is 2.05. The quantitative estimate of drug-likeness (QED) is 0.669. The van der Waals surface area contributed by atoms with Crippen LogP contribution in [0.3, 0.4) is 0 Å². The van der Waals surface area contributed by atoms with Gasteiger partial charge in [0.05, 0.1) is 5.69 Å². The molecule has 10 heavy (non-hydrogen) atoms. The van der Waals surface area contributed by atoms with Gasteiger partial charge >= 0.3 is 0 Å². The first-order valence-corrected chi connectivity index (χ1v) is 3.34. The van der Waals surface area contributed by atoms with Crippen LogP contribution in [0.25, 0.3) is 0 Å². The Morgan fingerprint density at radius 3 is 2.60 bits per heavy atom. The molecule has 0 fully saturated rings. The molecule has 0 aliphatic carbocycles. The highest BCUT2D eigenvalue weighted by molar-refractivity contribution is 5.06. The van der Waals surface area contributed by atoms with Crippen molar-refractivity contribution in [2.24, 2.45) is 0 Å². The van der Waals surface area contributed by atoms with Gasteiger partial charge < -0.3 is 9.52 Å². The zero-order chi connectivity index (χ0) is 7.56. The van der Waals surface area contributed by atoms with Gasteiger partial charge in [0.25, 0.3) is 0 Å². The number of rotatable bonds is 2. The number of aromatic nitrogens is 1. The summed E-state index contributed by atoms with van der Waals surface area (Å²) in [7, 11) is 0. The summed E-state index contributed by atoms with van der Waals surface area (Å²) in [5, 5.41) is 8.69. The molecule has 0 bridgehead atoms. The minimum absolute atomic E-state index is 0.0567. The molecular weight excluding hydrogens is 130 g/mol. The van der Waals surface area contributed by atoms with Crippen molar-refractivity contribution in [1.29, 1.82) is 0 Å². The summed E-state index contributed by atoms with van der Waals surface area (Å²) in [5.41, 5.74) is 0.791. The van der Waals surface area contributed by atoms with Crippen molar-refractivity contribution in [3.63, 3.8) is 0 Å². The molecule has 0 aromatic carbocycles. The smallest absolute Gasteiger partial charge is 0.194 e. The van der Waals surface area contributed by atoms with Gasteiger partial charge in [-0.25, -0.2) is 4.98 Å². The number of hydrogen-bond acceptors (Lipinski definition) is 3. The second-order valence-electron chi connectivity index (χ2n) is 2.13. The molecule has 0 amide bonds. The van der Waals surface area contributed by atoms with Gasteiger partial charge in [-0.05, 0) is 6.92 Å². The van der Waals surface area contributed by atoms with Gasteiger partial charge in [-0.2, -0.15) is 0 Å². The van der Waals surface area contributed by atoms with Crippen LogP contribution in [0.4, 0.5) is 0 Å². The number of oxazole rings is 1. The van der Waals surface area contributed by atoms with E-state index in [4.69, 9.17) is 9.52 Å². The molecule has 0 atom stereocenters. The van der Waals surface area contributed by atoms with E-state index in [0.29, 0.717) is 11.7 Å². The number of aryl methyl sites for hydroxylation is 2. The lowest BCUT2D eigenvalue weighted by Crippen LogP contribution is -1.81. The Morgan fingerprint density at radius 1 is 1.60 bits per heavy atom. The summed E-state index contributed by atoms with van der Waals surface area (Å²) in [6.07, 6.45) is 0.779. The van der Waals surface area contributed by atoms with Gasteiger partial charge in [-0.3, -0.25) is 0 Å². The molecule has 0 saturated carbocycles. The van der Waals surface area contributed by atoms with Gasteiger partial charge in [0.15, 0.2) is 11.7 Å². The van der Waals surface area contributed by atoms with Gasteiger partial charge in [0.2, 0.25) is 0 Å². The molecule has 1 rings (SSSR count). The van der Waals surface area contributed by atoms with Crippen molar-refractivity contribution in [1.82, 2.24) is 4.98 Å². The Balaban J connectivity index is 2.92. The van der Waals surface area contributed by atoms with Crippen molar-refractivity contribution in [2.45, 2.75) is 26.9 Å². The first kappa shape index (κ1) is 7.28. The Hall–Kier alpha value is -0.830. The number of nitrogens with zero attached hydrogens (tertiary/aromatic N) is 1. The molecule has 0 saturated heterocycles. The van der Waals surface area contributed by atoms with Crippen molar-refractivity contribution >= 4 is 0 Å². The van der Waals surface area contributed by atoms with E-state index < -0.39 is 0 Å². The van der Waals surface area contributed by atoms with E-state index in [9.17, 15) is 0 Å². The van der Waals surface area contributed by atoms with Crippen LogP contribution in [-0.4, -0.2) is 10.1 Å². The van der Waals surface area contributed by atoms with E-state index in [1.165, 1.54) is 0 Å². The van der Waals surface area contributed by atoms with Gasteiger partial charge in [0, 0.05) is 6.42 Å². The zero-order valence-electron chi connectivity index (χ0n) is 6.22. The van der Waals surface area contributed by atoms with E-state index in [1.807, 2.05) is 13.8 Å². The standard InChI is InChI=1S/C7H11NO2/c1-3-7-8-5(2)6(4-9)10-7/h9H,3-4H2,1-2H3. The van der Waals surface area contributed by atoms with Crippen LogP contribution in [0.2, 0.25) is 0 Å². The Morgan fingerprint density at radius 2 is 2.30 bits per heavy atom. The largest absolute Gasteiger partial charge is 0.443 e. The number of hydrogen-bond donors (Lipinski definition) is 1. The summed E-state index contributed by atoms with van der Waals surface area (Å²) < 4.78 is 5.15. The van der Waals surface area contributed by atoms with Crippen molar-refractivity contribution in [3.05, 3.63) is 17.3 Å². The molecule has 3 nitrogen and oxygen atoms in total. The fraction of sp³-hybridized carbons (Fsp3) is 0.571. The maximum Gasteiger partial charge on any atom is 0.194 e. The molecule has 3 heteroatoms. The first-order chi connectivity index (χ1) is 4.77. The van der Waals surface area contributed by atoms with Crippen molar-refractivity contribution in [2.75, 3.05) is 0 Å². The second kappa shape index (κ2) is 2.84. The predicted molar refractivity (Wildman–Crippen MR) is 36.5 cm³/mol. The molecule has 1 heterocycles. The van der Waals surface area contributed by atoms with E-state index in [-0.39, 0.29) is 6.61 Å². The zero-order valence-corrected chi connectivity index (χ0v) is 6.22. The third-order valence-electron chi connectivity index (χ3n) is 1.38. The Bertz CT molecular complexity index is 217. The van der Waals surface area contributed by atoms with Crippen molar-refractivity contribution in [3.8, 4) is 0 Å². The van der Waals surface area contributed by atoms with Crippen molar-refractivity contribution < 1.29 is 9.52 Å². The minimum Gasteiger partial charge on any atom is -0.443 e. The molecule has 0 radical (unpaired) electrons. The van der Waals surface area contributed by atoms with Crippen LogP contribution < -0.4 is 0 Å². The molecule has 0 aliphatic rings. The van der Waals surface area contributed by atoms with E-state index in [2.05, 4.69) is 4.98 Å². The highest BCUT2D eigenvalue weighted by Crippen LogP contribution is 2.09. The lowest BCUT2D eigenvalue weighted by atomic mass is 10.4. The van der Waals surface area contributed by atoms with Crippen LogP contribution >= 0.6 is 0 Å². The highest BCUT2D eigenvalue weighted by atomic mass is 16.4. The molecule has 56 valence electrons. The fourth-order valence-corrected chi connectivity index (χ4v) is 0.786. The predicted octanol–water partition coefficient (Wildman–Crippen LogP) is 1.04. The summed E-state index contributed by atoms with van der Waals surface area (Å²) in [6.45, 7) is 3.74. The molecule has 1 N–H and O–H groups in total. The lowest BCUT2D eigenvalue weighted by Gasteiger charge is -1.85. The summed E-state index contributed by atoms with van der Waals surface area (Å²) in [5.74, 6) is 1.28. The van der Waals surface area contributed by atoms with Gasteiger partial charge in [-0.1, -0.05) is 6.92 Å². The topological polar surface area (TPSA) is 46.3 Å². The molecule has 0 unspecified atom stereocenters. The normalized spacial score (nSPS) is 10.3. The maximum atomic E-state index is 8.69. The van der Waals surface area contributed by atoms with Gasteiger partial charge in [0.1, 0.15) is 6.61 Å². The molecule has 0 spiro atoms. The number of aliphatic hydroxyl groups is 1. The Kier molecular flexibility index (Phi) is 2.06. The average molecular weight is 141 g/mol. The Labute approximate surface area is 59.7 Å². The van der Waals surface area contributed by atoms with Crippen LogP contribution in [-0.2, 0) is 13.0 Å². The van der Waals surface area contributed by atoms with E-state index in [0.717, 1.165) is 12.1 Å². The molecule has 1 aromatic rings. The van der Waals surface area contributed by atoms with Crippen LogP contribution in [0.15, 0.2) is 4.42 Å². The molecule has 1 aromatic heterocycles. The van der Waals surface area contributed by atoms with E-state index >= 15 is 0 Å². The first-order valence-electron chi connectivity index (χ1n) is 3.34. The fourth-order valence-electron chi connectivity index (χ4n) is 0.786. The van der Waals surface area contributed by atoms with Crippen LogP contribution in [0.1, 0.15) is 24.3 Å². The minimum atomic E-state index is -0.0567. The van der Waals surface area contributed by atoms with E-state index in [1.54, 1.807) is 0 Å². The summed E-state index contributed by atoms with van der Waals surface area (Å²) >= 11 is 0. The van der Waals surface area contributed by atoms with Gasteiger partial charge in [-0.15, -0.1) is 0 Å². The molecular formula is C7H11NO2. The SMILES string of the molecule is CCc1nc(C)c(CO)o1. The van der Waals surface area contributed by atoms with Crippen LogP contribution in [0.5, 0.6) is 0 Å². The second-order valence-corrected chi connectivity index (χ2v) is 2.13. The summed E-state index contributed by atoms with van der Waals surface area (Å²) in [4.78, 5) is 4.07. The van der Waals surface area contributed by atoms with Crippen LogP contribution in [0, 0.1) is 6.92 Å². The molecule has 0 aliphatic heterocycles.